The molecule has 102 valence electrons. The van der Waals surface area contributed by atoms with Crippen molar-refractivity contribution in [1.82, 2.24) is 9.03 Å². The van der Waals surface area contributed by atoms with Crippen LogP contribution in [0.4, 0.5) is 0 Å². The first-order chi connectivity index (χ1) is 7.76. The zero-order chi connectivity index (χ0) is 13.1. The highest BCUT2D eigenvalue weighted by Crippen LogP contribution is 2.27. The molecule has 0 unspecified atom stereocenters. The number of nitrogens with zero attached hydrogens (tertiary/aromatic N) is 1. The van der Waals surface area contributed by atoms with Gasteiger partial charge in [-0.25, -0.2) is 0 Å². The molecule has 0 heterocycles. The maximum absolute atomic E-state index is 12.3. The third kappa shape index (κ3) is 4.54. The minimum Gasteiger partial charge on any atom is -0.330 e. The van der Waals surface area contributed by atoms with E-state index in [0.717, 1.165) is 19.3 Å². The molecule has 1 saturated carbocycles. The summed E-state index contributed by atoms with van der Waals surface area (Å²) in [6.07, 6.45) is 3.77. The highest BCUT2D eigenvalue weighted by molar-refractivity contribution is 7.87. The Morgan fingerprint density at radius 3 is 2.29 bits per heavy atom. The van der Waals surface area contributed by atoms with Crippen molar-refractivity contribution >= 4 is 10.2 Å². The molecule has 0 aromatic heterocycles. The molecule has 17 heavy (non-hydrogen) atoms. The molecule has 1 aliphatic rings. The lowest BCUT2D eigenvalue weighted by atomic mass is 9.93. The standard InChI is InChI=1S/C11H25N3O2S/c1-11(2,3)13-17(15,16)14(9-5-8-12)10-6-4-7-10/h10,13H,4-9,12H2,1-3H3. The SMILES string of the molecule is CC(C)(C)NS(=O)(=O)N(CCCN)C1CCC1. The lowest BCUT2D eigenvalue weighted by Crippen LogP contribution is -2.54. The first-order valence-electron chi connectivity index (χ1n) is 6.27. The van der Waals surface area contributed by atoms with Gasteiger partial charge < -0.3 is 5.73 Å². The zero-order valence-corrected chi connectivity index (χ0v) is 11.9. The molecule has 0 atom stereocenters. The van der Waals surface area contributed by atoms with Gasteiger partial charge in [-0.2, -0.15) is 17.4 Å². The second-order valence-electron chi connectivity index (χ2n) is 5.69. The van der Waals surface area contributed by atoms with Crippen LogP contribution >= 0.6 is 0 Å². The van der Waals surface area contributed by atoms with Gasteiger partial charge in [0.25, 0.3) is 10.2 Å². The highest BCUT2D eigenvalue weighted by atomic mass is 32.2. The van der Waals surface area contributed by atoms with E-state index in [1.165, 1.54) is 0 Å². The molecule has 0 aromatic rings. The molecular formula is C11H25N3O2S. The maximum Gasteiger partial charge on any atom is 0.280 e. The van der Waals surface area contributed by atoms with E-state index in [1.807, 2.05) is 20.8 Å². The summed E-state index contributed by atoms with van der Waals surface area (Å²) in [4.78, 5) is 0. The van der Waals surface area contributed by atoms with E-state index in [1.54, 1.807) is 4.31 Å². The van der Waals surface area contributed by atoms with Crippen LogP contribution in [-0.2, 0) is 10.2 Å². The minimum atomic E-state index is -3.38. The van der Waals surface area contributed by atoms with E-state index in [9.17, 15) is 8.42 Å². The van der Waals surface area contributed by atoms with Gasteiger partial charge in [0.05, 0.1) is 0 Å². The Balaban J connectivity index is 2.73. The molecule has 0 amide bonds. The van der Waals surface area contributed by atoms with Gasteiger partial charge in [0, 0.05) is 18.1 Å². The lowest BCUT2D eigenvalue weighted by Gasteiger charge is -2.38. The molecule has 0 spiro atoms. The van der Waals surface area contributed by atoms with E-state index >= 15 is 0 Å². The molecule has 0 bridgehead atoms. The summed E-state index contributed by atoms with van der Waals surface area (Å²) in [5.41, 5.74) is 5.02. The van der Waals surface area contributed by atoms with Crippen LogP contribution in [0.25, 0.3) is 0 Å². The van der Waals surface area contributed by atoms with E-state index in [0.29, 0.717) is 19.5 Å². The average Bonchev–Trinajstić information content (AvgIpc) is 2.04. The van der Waals surface area contributed by atoms with Crippen molar-refractivity contribution in [2.24, 2.45) is 5.73 Å². The Morgan fingerprint density at radius 2 is 1.94 bits per heavy atom. The summed E-state index contributed by atoms with van der Waals surface area (Å²) < 4.78 is 28.8. The lowest BCUT2D eigenvalue weighted by molar-refractivity contribution is 0.213. The maximum atomic E-state index is 12.3. The fourth-order valence-electron chi connectivity index (χ4n) is 1.87. The van der Waals surface area contributed by atoms with Gasteiger partial charge in [0.1, 0.15) is 0 Å². The summed E-state index contributed by atoms with van der Waals surface area (Å²) >= 11 is 0. The first-order valence-corrected chi connectivity index (χ1v) is 7.71. The van der Waals surface area contributed by atoms with Crippen LogP contribution in [0.5, 0.6) is 0 Å². The van der Waals surface area contributed by atoms with Gasteiger partial charge in [0.15, 0.2) is 0 Å². The second kappa shape index (κ2) is 5.65. The second-order valence-corrected chi connectivity index (χ2v) is 7.32. The van der Waals surface area contributed by atoms with Crippen molar-refractivity contribution in [1.29, 1.82) is 0 Å². The average molecular weight is 263 g/mol. The molecule has 5 nitrogen and oxygen atoms in total. The normalized spacial score (nSPS) is 18.4. The van der Waals surface area contributed by atoms with Gasteiger partial charge in [-0.15, -0.1) is 0 Å². The molecule has 0 radical (unpaired) electrons. The summed E-state index contributed by atoms with van der Waals surface area (Å²) in [7, 11) is -3.38. The third-order valence-electron chi connectivity index (χ3n) is 2.81. The molecular weight excluding hydrogens is 238 g/mol. The third-order valence-corrected chi connectivity index (χ3v) is 4.78. The Morgan fingerprint density at radius 1 is 1.35 bits per heavy atom. The van der Waals surface area contributed by atoms with Gasteiger partial charge in [-0.05, 0) is 46.6 Å². The predicted octanol–water partition coefficient (Wildman–Crippen LogP) is 0.823. The van der Waals surface area contributed by atoms with Gasteiger partial charge in [0.2, 0.25) is 0 Å². The van der Waals surface area contributed by atoms with Crippen molar-refractivity contribution in [2.75, 3.05) is 13.1 Å². The Labute approximate surface area is 105 Å². The van der Waals surface area contributed by atoms with Gasteiger partial charge >= 0.3 is 0 Å². The van der Waals surface area contributed by atoms with Crippen LogP contribution in [0.15, 0.2) is 0 Å². The smallest absolute Gasteiger partial charge is 0.280 e. The van der Waals surface area contributed by atoms with Crippen molar-refractivity contribution < 1.29 is 8.42 Å². The van der Waals surface area contributed by atoms with Crippen LogP contribution in [-0.4, -0.2) is 37.4 Å². The van der Waals surface area contributed by atoms with Crippen LogP contribution in [0, 0.1) is 0 Å². The Kier molecular flexibility index (Phi) is 4.95. The number of rotatable bonds is 6. The van der Waals surface area contributed by atoms with Crippen LogP contribution in [0.2, 0.25) is 0 Å². The quantitative estimate of drug-likeness (QED) is 0.745. The minimum absolute atomic E-state index is 0.168. The van der Waals surface area contributed by atoms with Crippen LogP contribution < -0.4 is 10.5 Å². The van der Waals surface area contributed by atoms with Crippen molar-refractivity contribution in [2.45, 2.75) is 58.0 Å². The van der Waals surface area contributed by atoms with E-state index in [2.05, 4.69) is 4.72 Å². The van der Waals surface area contributed by atoms with Crippen molar-refractivity contribution in [3.8, 4) is 0 Å². The summed E-state index contributed by atoms with van der Waals surface area (Å²) in [5, 5.41) is 0. The number of hydrogen-bond donors (Lipinski definition) is 2. The largest absolute Gasteiger partial charge is 0.330 e. The van der Waals surface area contributed by atoms with Crippen molar-refractivity contribution in [3.05, 3.63) is 0 Å². The summed E-state index contributed by atoms with van der Waals surface area (Å²) in [5.74, 6) is 0. The van der Waals surface area contributed by atoms with Gasteiger partial charge in [-0.3, -0.25) is 0 Å². The molecule has 6 heteroatoms. The highest BCUT2D eigenvalue weighted by Gasteiger charge is 2.35. The fourth-order valence-corrected chi connectivity index (χ4v) is 3.73. The molecule has 1 aliphatic carbocycles. The van der Waals surface area contributed by atoms with E-state index in [-0.39, 0.29) is 6.04 Å². The summed E-state index contributed by atoms with van der Waals surface area (Å²) in [6, 6.07) is 0.168. The van der Waals surface area contributed by atoms with E-state index < -0.39 is 15.7 Å². The van der Waals surface area contributed by atoms with Crippen molar-refractivity contribution in [3.63, 3.8) is 0 Å². The number of nitrogens with two attached hydrogens (primary N) is 1. The topological polar surface area (TPSA) is 75.4 Å². The Bertz CT molecular complexity index is 331. The predicted molar refractivity (Wildman–Crippen MR) is 69.8 cm³/mol. The molecule has 1 fully saturated rings. The first kappa shape index (κ1) is 14.9. The molecule has 1 rings (SSSR count). The summed E-state index contributed by atoms with van der Waals surface area (Å²) in [6.45, 7) is 6.60. The van der Waals surface area contributed by atoms with E-state index in [4.69, 9.17) is 5.73 Å². The number of hydrogen-bond acceptors (Lipinski definition) is 3. The number of nitrogens with one attached hydrogen (secondary N) is 1. The van der Waals surface area contributed by atoms with Crippen LogP contribution in [0.1, 0.15) is 46.5 Å². The molecule has 0 aliphatic heterocycles. The fraction of sp³-hybridized carbons (Fsp3) is 1.00. The molecule has 3 N–H and O–H groups in total. The van der Waals surface area contributed by atoms with Crippen LogP contribution in [0.3, 0.4) is 0 Å². The zero-order valence-electron chi connectivity index (χ0n) is 11.1. The monoisotopic (exact) mass is 263 g/mol. The Hall–Kier alpha value is -0.170. The van der Waals surface area contributed by atoms with Gasteiger partial charge in [-0.1, -0.05) is 6.42 Å². The molecule has 0 saturated heterocycles. The molecule has 0 aromatic carbocycles.